The van der Waals surface area contributed by atoms with Crippen LogP contribution in [0.2, 0.25) is 0 Å². The molecule has 0 saturated carbocycles. The van der Waals surface area contributed by atoms with Crippen molar-refractivity contribution in [1.29, 1.82) is 0 Å². The van der Waals surface area contributed by atoms with Gasteiger partial charge >= 0.3 is 0 Å². The van der Waals surface area contributed by atoms with Crippen molar-refractivity contribution in [2.24, 2.45) is 0 Å². The van der Waals surface area contributed by atoms with Crippen LogP contribution in [0.1, 0.15) is 0 Å². The summed E-state index contributed by atoms with van der Waals surface area (Å²) >= 11 is 0. The standard InChI is InChI=1S/C48H32/c1-2-15-34(16-3-1)41-22-6-7-23-42(41)48-45-26-10-8-24-43(45)47(44-25-9-11-27-46(44)48)40-21-13-20-38(32-40)36-18-12-19-37(31-36)39-29-28-33-14-4-5-17-35(33)30-39/h1-32H. The van der Waals surface area contributed by atoms with Gasteiger partial charge in [0.15, 0.2) is 0 Å². The van der Waals surface area contributed by atoms with Crippen molar-refractivity contribution in [3.63, 3.8) is 0 Å². The van der Waals surface area contributed by atoms with Gasteiger partial charge in [-0.3, -0.25) is 0 Å². The largest absolute Gasteiger partial charge is 0.0622 e. The van der Waals surface area contributed by atoms with Gasteiger partial charge in [-0.15, -0.1) is 0 Å². The van der Waals surface area contributed by atoms with Gasteiger partial charge < -0.3 is 0 Å². The highest BCUT2D eigenvalue weighted by Crippen LogP contribution is 2.46. The van der Waals surface area contributed by atoms with Gasteiger partial charge in [-0.05, 0) is 106 Å². The Labute approximate surface area is 281 Å². The molecule has 0 atom stereocenters. The third-order valence-corrected chi connectivity index (χ3v) is 9.64. The lowest BCUT2D eigenvalue weighted by molar-refractivity contribution is 1.59. The topological polar surface area (TPSA) is 0 Å². The molecule has 0 amide bonds. The molecule has 0 aliphatic carbocycles. The van der Waals surface area contributed by atoms with Crippen LogP contribution in [0.4, 0.5) is 0 Å². The van der Waals surface area contributed by atoms with Crippen LogP contribution in [0.25, 0.3) is 88.0 Å². The van der Waals surface area contributed by atoms with Gasteiger partial charge in [-0.2, -0.15) is 0 Å². The Hall–Kier alpha value is -6.24. The van der Waals surface area contributed by atoms with E-state index in [-0.39, 0.29) is 0 Å². The average molecular weight is 609 g/mol. The van der Waals surface area contributed by atoms with Gasteiger partial charge in [0.05, 0.1) is 0 Å². The van der Waals surface area contributed by atoms with Crippen LogP contribution in [-0.4, -0.2) is 0 Å². The van der Waals surface area contributed by atoms with Crippen molar-refractivity contribution >= 4 is 32.3 Å². The molecule has 0 bridgehead atoms. The fourth-order valence-electron chi connectivity index (χ4n) is 7.40. The zero-order valence-corrected chi connectivity index (χ0v) is 26.5. The monoisotopic (exact) mass is 608 g/mol. The lowest BCUT2D eigenvalue weighted by Gasteiger charge is -2.20. The number of benzene rings is 9. The van der Waals surface area contributed by atoms with Crippen molar-refractivity contribution in [3.05, 3.63) is 194 Å². The first-order chi connectivity index (χ1) is 23.8. The molecule has 0 heterocycles. The minimum atomic E-state index is 1.21. The molecular formula is C48H32. The second kappa shape index (κ2) is 11.8. The zero-order valence-electron chi connectivity index (χ0n) is 26.5. The maximum absolute atomic E-state index is 2.37. The van der Waals surface area contributed by atoms with Gasteiger partial charge in [-0.1, -0.05) is 176 Å². The Balaban J connectivity index is 1.22. The molecule has 0 nitrogen and oxygen atoms in total. The van der Waals surface area contributed by atoms with Crippen molar-refractivity contribution in [1.82, 2.24) is 0 Å². The summed E-state index contributed by atoms with van der Waals surface area (Å²) in [5.74, 6) is 0. The van der Waals surface area contributed by atoms with E-state index in [9.17, 15) is 0 Å². The molecule has 9 rings (SSSR count). The Kier molecular flexibility index (Phi) is 6.91. The summed E-state index contributed by atoms with van der Waals surface area (Å²) < 4.78 is 0. The van der Waals surface area contributed by atoms with Crippen LogP contribution in [0.5, 0.6) is 0 Å². The van der Waals surface area contributed by atoms with Crippen LogP contribution < -0.4 is 0 Å². The van der Waals surface area contributed by atoms with E-state index >= 15 is 0 Å². The van der Waals surface area contributed by atoms with Crippen molar-refractivity contribution in [2.75, 3.05) is 0 Å². The lowest BCUT2D eigenvalue weighted by Crippen LogP contribution is -1.93. The summed E-state index contributed by atoms with van der Waals surface area (Å²) in [5.41, 5.74) is 12.4. The van der Waals surface area contributed by atoms with Crippen molar-refractivity contribution in [2.45, 2.75) is 0 Å². The van der Waals surface area contributed by atoms with E-state index in [0.717, 1.165) is 0 Å². The Morgan fingerprint density at radius 3 is 1.29 bits per heavy atom. The summed E-state index contributed by atoms with van der Waals surface area (Å²) in [5, 5.41) is 7.57. The highest BCUT2D eigenvalue weighted by molar-refractivity contribution is 6.22. The fourth-order valence-corrected chi connectivity index (χ4v) is 7.40. The summed E-state index contributed by atoms with van der Waals surface area (Å²) in [4.78, 5) is 0. The molecule has 0 spiro atoms. The van der Waals surface area contributed by atoms with E-state index < -0.39 is 0 Å². The van der Waals surface area contributed by atoms with E-state index in [1.165, 1.54) is 88.0 Å². The molecular weight excluding hydrogens is 577 g/mol. The summed E-state index contributed by atoms with van der Waals surface area (Å²) in [6.45, 7) is 0. The first kappa shape index (κ1) is 28.0. The maximum Gasteiger partial charge on any atom is -0.00201 e. The van der Waals surface area contributed by atoms with Crippen LogP contribution in [0, 0.1) is 0 Å². The SMILES string of the molecule is c1ccc(-c2ccccc2-c2c3ccccc3c(-c3cccc(-c4cccc(-c5ccc6ccccc6c5)c4)c3)c3ccccc23)cc1. The number of rotatable bonds is 5. The number of hydrogen-bond donors (Lipinski definition) is 0. The molecule has 0 N–H and O–H groups in total. The van der Waals surface area contributed by atoms with Crippen LogP contribution >= 0.6 is 0 Å². The van der Waals surface area contributed by atoms with E-state index in [1.807, 2.05) is 0 Å². The molecule has 9 aromatic rings. The van der Waals surface area contributed by atoms with Crippen LogP contribution in [0.3, 0.4) is 0 Å². The molecule has 0 radical (unpaired) electrons. The predicted octanol–water partition coefficient (Wildman–Crippen LogP) is 13.5. The summed E-state index contributed by atoms with van der Waals surface area (Å²) in [7, 11) is 0. The van der Waals surface area contributed by atoms with Crippen LogP contribution in [-0.2, 0) is 0 Å². The first-order valence-electron chi connectivity index (χ1n) is 16.6. The normalized spacial score (nSPS) is 11.3. The Morgan fingerprint density at radius 1 is 0.208 bits per heavy atom. The average Bonchev–Trinajstić information content (AvgIpc) is 3.17. The highest BCUT2D eigenvalue weighted by atomic mass is 14.2. The molecule has 0 aromatic heterocycles. The Bertz CT molecular complexity index is 2550. The molecule has 0 heteroatoms. The second-order valence-electron chi connectivity index (χ2n) is 12.5. The fraction of sp³-hybridized carbons (Fsp3) is 0. The Morgan fingerprint density at radius 2 is 0.646 bits per heavy atom. The van der Waals surface area contributed by atoms with Gasteiger partial charge in [0, 0.05) is 0 Å². The van der Waals surface area contributed by atoms with Gasteiger partial charge in [-0.25, -0.2) is 0 Å². The minimum Gasteiger partial charge on any atom is -0.0622 e. The lowest BCUT2D eigenvalue weighted by atomic mass is 9.83. The van der Waals surface area contributed by atoms with Gasteiger partial charge in [0.1, 0.15) is 0 Å². The molecule has 224 valence electrons. The third kappa shape index (κ3) is 4.87. The predicted molar refractivity (Wildman–Crippen MR) is 206 cm³/mol. The molecule has 48 heavy (non-hydrogen) atoms. The maximum atomic E-state index is 2.37. The van der Waals surface area contributed by atoms with Crippen molar-refractivity contribution in [3.8, 4) is 55.6 Å². The first-order valence-corrected chi connectivity index (χ1v) is 16.6. The van der Waals surface area contributed by atoms with E-state index in [1.54, 1.807) is 0 Å². The quantitative estimate of drug-likeness (QED) is 0.171. The summed E-state index contributed by atoms with van der Waals surface area (Å²) in [6.07, 6.45) is 0. The minimum absolute atomic E-state index is 1.21. The van der Waals surface area contributed by atoms with Gasteiger partial charge in [0.25, 0.3) is 0 Å². The van der Waals surface area contributed by atoms with Crippen molar-refractivity contribution < 1.29 is 0 Å². The van der Waals surface area contributed by atoms with E-state index in [2.05, 4.69) is 194 Å². The molecule has 0 saturated heterocycles. The molecule has 0 aliphatic heterocycles. The number of fused-ring (bicyclic) bond motifs is 3. The molecule has 0 unspecified atom stereocenters. The third-order valence-electron chi connectivity index (χ3n) is 9.64. The smallest absolute Gasteiger partial charge is 0.00201 e. The number of hydrogen-bond acceptors (Lipinski definition) is 0. The molecule has 0 aliphatic rings. The molecule has 9 aromatic carbocycles. The zero-order chi connectivity index (χ0) is 31.9. The molecule has 0 fully saturated rings. The second-order valence-corrected chi connectivity index (χ2v) is 12.5. The van der Waals surface area contributed by atoms with Gasteiger partial charge in [0.2, 0.25) is 0 Å². The van der Waals surface area contributed by atoms with E-state index in [0.29, 0.717) is 0 Å². The van der Waals surface area contributed by atoms with Crippen LogP contribution in [0.15, 0.2) is 194 Å². The highest BCUT2D eigenvalue weighted by Gasteiger charge is 2.19. The van der Waals surface area contributed by atoms with E-state index in [4.69, 9.17) is 0 Å². The summed E-state index contributed by atoms with van der Waals surface area (Å²) in [6, 6.07) is 70.7.